The van der Waals surface area contributed by atoms with Gasteiger partial charge in [-0.05, 0) is 11.5 Å². The van der Waals surface area contributed by atoms with E-state index in [1.54, 1.807) is 38.1 Å². The molecule has 1 aromatic carbocycles. The first-order valence-corrected chi connectivity index (χ1v) is 10.6. The average molecular weight is 460 g/mol. The number of hydrogen-bond acceptors (Lipinski definition) is 5. The quantitative estimate of drug-likeness (QED) is 0.251. The van der Waals surface area contributed by atoms with Crippen molar-refractivity contribution in [3.05, 3.63) is 40.8 Å². The molecule has 0 spiro atoms. The van der Waals surface area contributed by atoms with E-state index in [1.165, 1.54) is 0 Å². The molecule has 0 fully saturated rings. The van der Waals surface area contributed by atoms with Gasteiger partial charge < -0.3 is 10.6 Å². The summed E-state index contributed by atoms with van der Waals surface area (Å²) in [5, 5.41) is 11.2. The highest BCUT2D eigenvalue weighted by Gasteiger charge is 2.32. The molecule has 0 heterocycles. The van der Waals surface area contributed by atoms with Crippen molar-refractivity contribution in [3.8, 4) is 0 Å². The van der Waals surface area contributed by atoms with E-state index in [4.69, 9.17) is 23.2 Å². The first-order valence-electron chi connectivity index (χ1n) is 9.48. The van der Waals surface area contributed by atoms with Crippen LogP contribution in [0.4, 0.5) is 4.79 Å². The Balaban J connectivity index is 3.01. The smallest absolute Gasteiger partial charge is 0.321 e. The van der Waals surface area contributed by atoms with Gasteiger partial charge in [0.1, 0.15) is 12.1 Å². The van der Waals surface area contributed by atoms with Crippen LogP contribution in [-0.4, -0.2) is 59.8 Å². The molecule has 3 N–H and O–H groups in total. The predicted octanol–water partition coefficient (Wildman–Crippen LogP) is 2.03. The van der Waals surface area contributed by atoms with Crippen molar-refractivity contribution in [1.82, 2.24) is 21.0 Å². The molecule has 2 unspecified atom stereocenters. The zero-order valence-electron chi connectivity index (χ0n) is 16.9. The lowest BCUT2D eigenvalue weighted by atomic mass is 10.0. The molecule has 11 heteroatoms. The maximum atomic E-state index is 12.9. The first-order chi connectivity index (χ1) is 14.3. The number of nitroso groups, excluding NO2 is 1. The summed E-state index contributed by atoms with van der Waals surface area (Å²) in [6, 6.07) is 6.34. The molecule has 2 atom stereocenters. The number of halogens is 2. The Kier molecular flexibility index (Phi) is 11.8. The number of rotatable bonds is 12. The summed E-state index contributed by atoms with van der Waals surface area (Å²) in [6.45, 7) is 3.77. The number of nitrogens with one attached hydrogen (secondary N) is 3. The molecule has 166 valence electrons. The largest absolute Gasteiger partial charge is 0.342 e. The zero-order valence-corrected chi connectivity index (χ0v) is 18.4. The highest BCUT2D eigenvalue weighted by molar-refractivity contribution is 6.18. The molecule has 0 saturated carbocycles. The fraction of sp³-hybridized carbons (Fsp3) is 0.526. The van der Waals surface area contributed by atoms with Crippen LogP contribution in [0.25, 0.3) is 0 Å². The Bertz CT molecular complexity index is 705. The van der Waals surface area contributed by atoms with Gasteiger partial charge in [0, 0.05) is 24.7 Å². The van der Waals surface area contributed by atoms with Crippen LogP contribution >= 0.6 is 23.2 Å². The lowest BCUT2D eigenvalue weighted by Crippen LogP contribution is -2.56. The summed E-state index contributed by atoms with van der Waals surface area (Å²) in [6.07, 6.45) is 0.149. The van der Waals surface area contributed by atoms with Crippen LogP contribution in [-0.2, 0) is 16.0 Å². The van der Waals surface area contributed by atoms with Crippen LogP contribution in [0, 0.1) is 10.8 Å². The fourth-order valence-corrected chi connectivity index (χ4v) is 3.09. The van der Waals surface area contributed by atoms with Crippen LogP contribution in [0.3, 0.4) is 0 Å². The standard InChI is InChI=1S/C19H27Cl2N5O4/c1-13(2)16(26(25-30)11-9-21)18(28)23-15(12-14-6-4-3-5-7-14)17(27)24-19(29)22-10-8-20/h3-7,13,15-16H,8-12H2,1-2H3,(H,23,28)(H2,22,24,27,29). The van der Waals surface area contributed by atoms with E-state index in [1.807, 2.05) is 6.07 Å². The lowest BCUT2D eigenvalue weighted by Gasteiger charge is -2.29. The van der Waals surface area contributed by atoms with Gasteiger partial charge in [0.2, 0.25) is 5.91 Å². The minimum atomic E-state index is -1.05. The number of nitrogens with zero attached hydrogens (tertiary/aromatic N) is 2. The van der Waals surface area contributed by atoms with Gasteiger partial charge in [0.25, 0.3) is 5.91 Å². The number of hydrogen-bond donors (Lipinski definition) is 3. The molecule has 0 aromatic heterocycles. The highest BCUT2D eigenvalue weighted by Crippen LogP contribution is 2.13. The summed E-state index contributed by atoms with van der Waals surface area (Å²) < 4.78 is 0. The highest BCUT2D eigenvalue weighted by atomic mass is 35.5. The fourth-order valence-electron chi connectivity index (χ4n) is 2.82. The van der Waals surface area contributed by atoms with Gasteiger partial charge in [-0.15, -0.1) is 28.1 Å². The second-order valence-electron chi connectivity index (χ2n) is 6.81. The van der Waals surface area contributed by atoms with Crippen LogP contribution < -0.4 is 16.0 Å². The Morgan fingerprint density at radius 3 is 2.27 bits per heavy atom. The maximum Gasteiger partial charge on any atom is 0.321 e. The van der Waals surface area contributed by atoms with E-state index in [9.17, 15) is 19.3 Å². The van der Waals surface area contributed by atoms with Gasteiger partial charge in [0.05, 0.1) is 11.8 Å². The number of carbonyl (C=O) groups is 3. The summed E-state index contributed by atoms with van der Waals surface area (Å²) in [5.41, 5.74) is 0.784. The van der Waals surface area contributed by atoms with Crippen molar-refractivity contribution in [2.45, 2.75) is 32.4 Å². The van der Waals surface area contributed by atoms with Gasteiger partial charge in [-0.2, -0.15) is 0 Å². The van der Waals surface area contributed by atoms with Crippen LogP contribution in [0.1, 0.15) is 19.4 Å². The van der Waals surface area contributed by atoms with E-state index in [0.29, 0.717) is 0 Å². The molecule has 1 aromatic rings. The summed E-state index contributed by atoms with van der Waals surface area (Å²) in [7, 11) is 0. The van der Waals surface area contributed by atoms with Crippen molar-refractivity contribution >= 4 is 41.0 Å². The van der Waals surface area contributed by atoms with E-state index < -0.39 is 29.9 Å². The molecular weight excluding hydrogens is 433 g/mol. The van der Waals surface area contributed by atoms with Crippen molar-refractivity contribution in [1.29, 1.82) is 0 Å². The molecule has 0 bridgehead atoms. The molecule has 0 aliphatic rings. The van der Waals surface area contributed by atoms with Gasteiger partial charge in [-0.25, -0.2) is 9.80 Å². The lowest BCUT2D eigenvalue weighted by molar-refractivity contribution is -0.132. The van der Waals surface area contributed by atoms with Gasteiger partial charge in [-0.3, -0.25) is 14.9 Å². The number of urea groups is 1. The predicted molar refractivity (Wildman–Crippen MR) is 116 cm³/mol. The van der Waals surface area contributed by atoms with Crippen molar-refractivity contribution < 1.29 is 14.4 Å². The van der Waals surface area contributed by atoms with E-state index in [0.717, 1.165) is 10.6 Å². The molecule has 1 rings (SSSR count). The Labute approximate surface area is 185 Å². The third-order valence-corrected chi connectivity index (χ3v) is 4.53. The number of alkyl halides is 2. The number of imide groups is 1. The van der Waals surface area contributed by atoms with Crippen LogP contribution in [0.15, 0.2) is 35.6 Å². The maximum absolute atomic E-state index is 12.9. The van der Waals surface area contributed by atoms with Gasteiger partial charge >= 0.3 is 6.03 Å². The van der Waals surface area contributed by atoms with Crippen molar-refractivity contribution in [2.75, 3.05) is 24.8 Å². The van der Waals surface area contributed by atoms with Crippen LogP contribution in [0.5, 0.6) is 0 Å². The summed E-state index contributed by atoms with van der Waals surface area (Å²) in [4.78, 5) is 48.6. The minimum absolute atomic E-state index is 0.0811. The monoisotopic (exact) mass is 459 g/mol. The number of amides is 4. The Hall–Kier alpha value is -2.39. The Morgan fingerprint density at radius 1 is 1.07 bits per heavy atom. The van der Waals surface area contributed by atoms with E-state index >= 15 is 0 Å². The molecule has 0 aliphatic heterocycles. The summed E-state index contributed by atoms with van der Waals surface area (Å²) in [5.74, 6) is -1.23. The molecule has 30 heavy (non-hydrogen) atoms. The molecule has 9 nitrogen and oxygen atoms in total. The average Bonchev–Trinajstić information content (AvgIpc) is 2.71. The molecular formula is C19H27Cl2N5O4. The van der Waals surface area contributed by atoms with Crippen LogP contribution in [0.2, 0.25) is 0 Å². The normalized spacial score (nSPS) is 12.6. The van der Waals surface area contributed by atoms with Gasteiger partial charge in [0.15, 0.2) is 0 Å². The second kappa shape index (κ2) is 13.8. The van der Waals surface area contributed by atoms with E-state index in [-0.39, 0.29) is 37.2 Å². The number of benzene rings is 1. The molecule has 0 saturated heterocycles. The third-order valence-electron chi connectivity index (χ3n) is 4.17. The number of carbonyl (C=O) groups excluding carboxylic acids is 3. The zero-order chi connectivity index (χ0) is 22.5. The van der Waals surface area contributed by atoms with Gasteiger partial charge in [-0.1, -0.05) is 44.2 Å². The second-order valence-corrected chi connectivity index (χ2v) is 7.56. The molecule has 4 amide bonds. The third kappa shape index (κ3) is 8.54. The minimum Gasteiger partial charge on any atom is -0.342 e. The first kappa shape index (κ1) is 25.6. The molecule has 0 radical (unpaired) electrons. The summed E-state index contributed by atoms with van der Waals surface area (Å²) >= 11 is 11.2. The SMILES string of the molecule is CC(C)C(C(=O)NC(Cc1ccccc1)C(=O)NC(=O)NCCCl)N(CCCl)N=O. The Morgan fingerprint density at radius 2 is 1.73 bits per heavy atom. The van der Waals surface area contributed by atoms with Crippen molar-refractivity contribution in [3.63, 3.8) is 0 Å². The molecule has 0 aliphatic carbocycles. The van der Waals surface area contributed by atoms with Crippen molar-refractivity contribution in [2.24, 2.45) is 11.2 Å². The van der Waals surface area contributed by atoms with E-state index in [2.05, 4.69) is 21.2 Å². The topological polar surface area (TPSA) is 120 Å².